The second-order valence-corrected chi connectivity index (χ2v) is 6.85. The van der Waals surface area contributed by atoms with E-state index in [1.54, 1.807) is 48.5 Å². The monoisotopic (exact) mass is 382 g/mol. The summed E-state index contributed by atoms with van der Waals surface area (Å²) in [6, 6.07) is 12.3. The molecule has 0 atom stereocenters. The van der Waals surface area contributed by atoms with Crippen LogP contribution in [0.5, 0.6) is 0 Å². The molecule has 116 valence electrons. The van der Waals surface area contributed by atoms with E-state index in [0.717, 1.165) is 0 Å². The van der Waals surface area contributed by atoms with E-state index in [2.05, 4.69) is 10.3 Å². The van der Waals surface area contributed by atoms with Crippen molar-refractivity contribution in [3.8, 4) is 0 Å². The molecule has 1 heterocycles. The van der Waals surface area contributed by atoms with Crippen molar-refractivity contribution in [2.24, 2.45) is 4.99 Å². The Morgan fingerprint density at radius 1 is 1.04 bits per heavy atom. The molecule has 1 aliphatic rings. The van der Waals surface area contributed by atoms with Crippen molar-refractivity contribution >= 4 is 69.4 Å². The van der Waals surface area contributed by atoms with Crippen LogP contribution in [0.1, 0.15) is 5.56 Å². The summed E-state index contributed by atoms with van der Waals surface area (Å²) in [4.78, 5) is 16.9. The Labute approximate surface area is 152 Å². The van der Waals surface area contributed by atoms with Crippen LogP contribution < -0.4 is 5.32 Å². The molecule has 2 aromatic carbocycles. The molecule has 1 aliphatic heterocycles. The van der Waals surface area contributed by atoms with Crippen LogP contribution in [-0.2, 0) is 4.79 Å². The van der Waals surface area contributed by atoms with Gasteiger partial charge in [0, 0.05) is 5.02 Å². The summed E-state index contributed by atoms with van der Waals surface area (Å²) < 4.78 is 0. The number of nitrogens with one attached hydrogen (secondary N) is 1. The van der Waals surface area contributed by atoms with Gasteiger partial charge in [0.05, 0.1) is 20.6 Å². The Kier molecular flexibility index (Phi) is 4.97. The van der Waals surface area contributed by atoms with Gasteiger partial charge in [-0.1, -0.05) is 46.9 Å². The number of hydrogen-bond donors (Lipinski definition) is 1. The summed E-state index contributed by atoms with van der Waals surface area (Å²) in [5, 5.41) is 4.71. The van der Waals surface area contributed by atoms with E-state index in [1.807, 2.05) is 0 Å². The van der Waals surface area contributed by atoms with Crippen molar-refractivity contribution in [3.63, 3.8) is 0 Å². The van der Waals surface area contributed by atoms with Gasteiger partial charge in [-0.25, -0.2) is 4.99 Å². The van der Waals surface area contributed by atoms with Crippen molar-refractivity contribution in [1.29, 1.82) is 0 Å². The first kappa shape index (κ1) is 16.4. The number of carbonyl (C=O) groups excluding carboxylic acids is 1. The molecule has 1 saturated heterocycles. The first-order valence-corrected chi connectivity index (χ1v) is 8.47. The molecule has 1 fully saturated rings. The fourth-order valence-corrected chi connectivity index (χ4v) is 3.21. The Morgan fingerprint density at radius 2 is 1.78 bits per heavy atom. The number of amidine groups is 1. The first-order chi connectivity index (χ1) is 11.0. The lowest BCUT2D eigenvalue weighted by molar-refractivity contribution is -0.115. The molecule has 0 aromatic heterocycles. The highest BCUT2D eigenvalue weighted by molar-refractivity contribution is 8.18. The van der Waals surface area contributed by atoms with Crippen LogP contribution >= 0.6 is 46.6 Å². The Morgan fingerprint density at radius 3 is 2.52 bits per heavy atom. The van der Waals surface area contributed by atoms with E-state index < -0.39 is 0 Å². The average molecular weight is 384 g/mol. The van der Waals surface area contributed by atoms with E-state index in [-0.39, 0.29) is 5.91 Å². The smallest absolute Gasteiger partial charge is 0.264 e. The molecular weight excluding hydrogens is 375 g/mol. The maximum absolute atomic E-state index is 12.1. The second-order valence-electron chi connectivity index (χ2n) is 4.60. The molecule has 0 spiro atoms. The van der Waals surface area contributed by atoms with E-state index in [4.69, 9.17) is 34.8 Å². The molecule has 1 N–H and O–H groups in total. The molecule has 0 bridgehead atoms. The predicted octanol–water partition coefficient (Wildman–Crippen LogP) is 5.54. The number of aliphatic imine (C=N–C) groups is 1. The number of nitrogens with zero attached hydrogens (tertiary/aromatic N) is 1. The Bertz CT molecular complexity index is 832. The minimum atomic E-state index is -0.223. The third-order valence-corrected chi connectivity index (χ3v) is 4.97. The SMILES string of the molecule is O=C1NC(=Nc2ccc(Cl)cc2)S/C1=C\c1cccc(Cl)c1Cl. The quantitative estimate of drug-likeness (QED) is 0.692. The van der Waals surface area contributed by atoms with Gasteiger partial charge in [-0.2, -0.15) is 0 Å². The summed E-state index contributed by atoms with van der Waals surface area (Å²) in [5.74, 6) is -0.223. The van der Waals surface area contributed by atoms with Crippen molar-refractivity contribution < 1.29 is 4.79 Å². The maximum atomic E-state index is 12.1. The lowest BCUT2D eigenvalue weighted by Crippen LogP contribution is -2.19. The molecule has 0 unspecified atom stereocenters. The van der Waals surface area contributed by atoms with Gasteiger partial charge in [-0.15, -0.1) is 0 Å². The molecule has 3 rings (SSSR count). The van der Waals surface area contributed by atoms with Gasteiger partial charge in [0.2, 0.25) is 0 Å². The number of halogens is 3. The number of amides is 1. The van der Waals surface area contributed by atoms with Crippen LogP contribution in [-0.4, -0.2) is 11.1 Å². The summed E-state index contributed by atoms with van der Waals surface area (Å²) in [5.41, 5.74) is 1.39. The minimum Gasteiger partial charge on any atom is -0.300 e. The van der Waals surface area contributed by atoms with Gasteiger partial charge in [0.1, 0.15) is 0 Å². The zero-order chi connectivity index (χ0) is 16.4. The van der Waals surface area contributed by atoms with Crippen LogP contribution in [0.4, 0.5) is 5.69 Å². The van der Waals surface area contributed by atoms with Crippen LogP contribution in [0.3, 0.4) is 0 Å². The molecule has 0 saturated carbocycles. The molecule has 23 heavy (non-hydrogen) atoms. The predicted molar refractivity (Wildman–Crippen MR) is 98.7 cm³/mol. The van der Waals surface area contributed by atoms with Gasteiger partial charge in [0.25, 0.3) is 5.91 Å². The van der Waals surface area contributed by atoms with Gasteiger partial charge < -0.3 is 5.32 Å². The number of rotatable bonds is 2. The van der Waals surface area contributed by atoms with Crippen LogP contribution in [0.2, 0.25) is 15.1 Å². The molecule has 0 aliphatic carbocycles. The van der Waals surface area contributed by atoms with Crippen molar-refractivity contribution in [3.05, 3.63) is 68.0 Å². The molecule has 7 heteroatoms. The number of benzene rings is 2. The van der Waals surface area contributed by atoms with E-state index >= 15 is 0 Å². The number of thioether (sulfide) groups is 1. The average Bonchev–Trinajstić information content (AvgIpc) is 2.86. The number of hydrogen-bond acceptors (Lipinski definition) is 3. The van der Waals surface area contributed by atoms with Gasteiger partial charge in [-0.3, -0.25) is 4.79 Å². The summed E-state index contributed by atoms with van der Waals surface area (Å²) >= 11 is 19.2. The van der Waals surface area contributed by atoms with Gasteiger partial charge in [-0.05, 0) is 53.7 Å². The lowest BCUT2D eigenvalue weighted by Gasteiger charge is -2.00. The third kappa shape index (κ3) is 3.90. The van der Waals surface area contributed by atoms with Gasteiger partial charge in [0.15, 0.2) is 5.17 Å². The highest BCUT2D eigenvalue weighted by atomic mass is 35.5. The normalized spacial score (nSPS) is 17.8. The van der Waals surface area contributed by atoms with Crippen LogP contribution in [0.25, 0.3) is 6.08 Å². The standard InChI is InChI=1S/C16H9Cl3N2OS/c17-10-4-6-11(7-5-10)20-16-21-15(22)13(23-16)8-9-2-1-3-12(18)14(9)19/h1-8H,(H,20,21,22)/b13-8-. The molecule has 0 radical (unpaired) electrons. The van der Waals surface area contributed by atoms with Crippen molar-refractivity contribution in [2.45, 2.75) is 0 Å². The Balaban J connectivity index is 1.86. The van der Waals surface area contributed by atoms with Crippen molar-refractivity contribution in [1.82, 2.24) is 5.32 Å². The second kappa shape index (κ2) is 6.97. The molecule has 1 amide bonds. The molecule has 3 nitrogen and oxygen atoms in total. The summed E-state index contributed by atoms with van der Waals surface area (Å²) in [6.45, 7) is 0. The minimum absolute atomic E-state index is 0.223. The molecular formula is C16H9Cl3N2OS. The largest absolute Gasteiger partial charge is 0.300 e. The fraction of sp³-hybridized carbons (Fsp3) is 0. The number of carbonyl (C=O) groups is 1. The van der Waals surface area contributed by atoms with Crippen molar-refractivity contribution in [2.75, 3.05) is 0 Å². The molecule has 2 aromatic rings. The van der Waals surface area contributed by atoms with E-state index in [0.29, 0.717) is 36.4 Å². The van der Waals surface area contributed by atoms with Crippen LogP contribution in [0.15, 0.2) is 52.4 Å². The highest BCUT2D eigenvalue weighted by Crippen LogP contribution is 2.32. The third-order valence-electron chi connectivity index (χ3n) is 2.98. The zero-order valence-electron chi connectivity index (χ0n) is 11.5. The van der Waals surface area contributed by atoms with E-state index in [1.165, 1.54) is 11.8 Å². The van der Waals surface area contributed by atoms with Gasteiger partial charge >= 0.3 is 0 Å². The maximum Gasteiger partial charge on any atom is 0.264 e. The topological polar surface area (TPSA) is 41.5 Å². The summed E-state index contributed by atoms with van der Waals surface area (Å²) in [7, 11) is 0. The zero-order valence-corrected chi connectivity index (χ0v) is 14.6. The van der Waals surface area contributed by atoms with Crippen LogP contribution in [0, 0.1) is 0 Å². The van der Waals surface area contributed by atoms with E-state index in [9.17, 15) is 4.79 Å². The first-order valence-electron chi connectivity index (χ1n) is 6.52. The Hall–Kier alpha value is -1.46. The summed E-state index contributed by atoms with van der Waals surface area (Å²) in [6.07, 6.45) is 1.69. The highest BCUT2D eigenvalue weighted by Gasteiger charge is 2.24. The fourth-order valence-electron chi connectivity index (χ4n) is 1.89. The lowest BCUT2D eigenvalue weighted by atomic mass is 10.2.